The molecule has 1 saturated carbocycles. The second kappa shape index (κ2) is 5.75. The highest BCUT2D eigenvalue weighted by atomic mass is 32.1. The molecule has 0 saturated heterocycles. The molecule has 0 bridgehead atoms. The van der Waals surface area contributed by atoms with Crippen molar-refractivity contribution >= 4 is 22.9 Å². The normalized spacial score (nSPS) is 21.8. The lowest BCUT2D eigenvalue weighted by Gasteiger charge is -2.37. The van der Waals surface area contributed by atoms with Crippen LogP contribution in [0.25, 0.3) is 5.65 Å². The second-order valence-electron chi connectivity index (χ2n) is 5.86. The Balaban J connectivity index is 1.56. The van der Waals surface area contributed by atoms with Crippen LogP contribution >= 0.6 is 11.3 Å². The van der Waals surface area contributed by atoms with Crippen LogP contribution in [0.2, 0.25) is 0 Å². The number of nitrogens with one attached hydrogen (secondary N) is 1. The van der Waals surface area contributed by atoms with Crippen molar-refractivity contribution in [3.05, 3.63) is 52.6 Å². The van der Waals surface area contributed by atoms with E-state index in [0.29, 0.717) is 11.2 Å². The highest BCUT2D eigenvalue weighted by Crippen LogP contribution is 2.39. The van der Waals surface area contributed by atoms with Crippen molar-refractivity contribution in [2.75, 3.05) is 0 Å². The van der Waals surface area contributed by atoms with Crippen LogP contribution in [0.15, 0.2) is 42.2 Å². The molecule has 1 amide bonds. The first-order valence-corrected chi connectivity index (χ1v) is 8.40. The van der Waals surface area contributed by atoms with Gasteiger partial charge in [0.1, 0.15) is 6.33 Å². The van der Waals surface area contributed by atoms with Gasteiger partial charge in [-0.3, -0.25) is 9.20 Å². The Morgan fingerprint density at radius 2 is 2.30 bits per heavy atom. The Morgan fingerprint density at radius 1 is 1.43 bits per heavy atom. The van der Waals surface area contributed by atoms with Crippen LogP contribution in [0, 0.1) is 5.92 Å². The number of fused-ring (bicyclic) bond motifs is 1. The molecular weight excluding hydrogens is 312 g/mol. The average Bonchev–Trinajstić information content (AvgIpc) is 3.19. The van der Waals surface area contributed by atoms with Crippen LogP contribution in [0.3, 0.4) is 0 Å². The van der Waals surface area contributed by atoms with Crippen molar-refractivity contribution in [3.63, 3.8) is 0 Å². The summed E-state index contributed by atoms with van der Waals surface area (Å²) in [4.78, 5) is 13.7. The van der Waals surface area contributed by atoms with Crippen molar-refractivity contribution in [2.45, 2.75) is 25.0 Å². The molecule has 118 valence electrons. The molecule has 0 aliphatic heterocycles. The van der Waals surface area contributed by atoms with E-state index in [1.165, 1.54) is 0 Å². The first kappa shape index (κ1) is 14.3. The van der Waals surface area contributed by atoms with E-state index in [1.54, 1.807) is 40.4 Å². The number of amides is 1. The van der Waals surface area contributed by atoms with E-state index < -0.39 is 0 Å². The highest BCUT2D eigenvalue weighted by molar-refractivity contribution is 7.10. The van der Waals surface area contributed by atoms with E-state index in [4.69, 9.17) is 0 Å². The van der Waals surface area contributed by atoms with Crippen molar-refractivity contribution in [2.24, 2.45) is 5.92 Å². The first-order chi connectivity index (χ1) is 11.2. The second-order valence-corrected chi connectivity index (χ2v) is 6.84. The first-order valence-electron chi connectivity index (χ1n) is 7.52. The van der Waals surface area contributed by atoms with Gasteiger partial charge in [-0.2, -0.15) is 0 Å². The molecule has 1 aliphatic carbocycles. The molecule has 1 aliphatic rings. The van der Waals surface area contributed by atoms with Gasteiger partial charge in [0.25, 0.3) is 5.91 Å². The van der Waals surface area contributed by atoms with Crippen LogP contribution in [0.4, 0.5) is 0 Å². The fourth-order valence-electron chi connectivity index (χ4n) is 2.97. The number of carbonyl (C=O) groups excluding carboxylic acids is 1. The van der Waals surface area contributed by atoms with Crippen molar-refractivity contribution in [3.8, 4) is 0 Å². The molecule has 3 aromatic rings. The van der Waals surface area contributed by atoms with Gasteiger partial charge in [0.05, 0.1) is 12.1 Å². The summed E-state index contributed by atoms with van der Waals surface area (Å²) in [7, 11) is 0. The molecule has 23 heavy (non-hydrogen) atoms. The summed E-state index contributed by atoms with van der Waals surface area (Å²) in [5, 5.41) is 22.5. The van der Waals surface area contributed by atoms with E-state index >= 15 is 0 Å². The molecule has 3 aromatic heterocycles. The van der Waals surface area contributed by atoms with Gasteiger partial charge in [0.15, 0.2) is 5.65 Å². The number of thiophene rings is 1. The number of aliphatic hydroxyl groups is 1. The van der Waals surface area contributed by atoms with E-state index in [-0.39, 0.29) is 24.0 Å². The molecule has 1 fully saturated rings. The van der Waals surface area contributed by atoms with Crippen molar-refractivity contribution < 1.29 is 9.90 Å². The number of hydrogen-bond acceptors (Lipinski definition) is 5. The molecular formula is C16H16N4O2S. The topological polar surface area (TPSA) is 79.5 Å². The number of aromatic nitrogens is 3. The van der Waals surface area contributed by atoms with Crippen molar-refractivity contribution in [1.29, 1.82) is 0 Å². The van der Waals surface area contributed by atoms with Crippen molar-refractivity contribution in [1.82, 2.24) is 19.9 Å². The number of pyridine rings is 1. The smallest absolute Gasteiger partial charge is 0.251 e. The SMILES string of the molecule is O=C(NC(c1cccs1)C1CC(O)C1)c1ccn2cnnc2c1. The summed E-state index contributed by atoms with van der Waals surface area (Å²) in [6, 6.07) is 7.44. The molecule has 7 heteroatoms. The Morgan fingerprint density at radius 3 is 3.04 bits per heavy atom. The molecule has 1 atom stereocenters. The number of rotatable bonds is 4. The Labute approximate surface area is 136 Å². The lowest BCUT2D eigenvalue weighted by molar-refractivity contribution is 0.0241. The Bertz CT molecular complexity index is 824. The maximum atomic E-state index is 12.6. The Hall–Kier alpha value is -2.25. The van der Waals surface area contributed by atoms with E-state index in [2.05, 4.69) is 15.5 Å². The fourth-order valence-corrected chi connectivity index (χ4v) is 3.84. The molecule has 0 spiro atoms. The van der Waals surface area contributed by atoms with Crippen LogP contribution in [-0.2, 0) is 0 Å². The summed E-state index contributed by atoms with van der Waals surface area (Å²) in [5.74, 6) is 0.153. The summed E-state index contributed by atoms with van der Waals surface area (Å²) in [6.07, 6.45) is 4.59. The van der Waals surface area contributed by atoms with Crippen LogP contribution in [0.5, 0.6) is 0 Å². The average molecular weight is 328 g/mol. The van der Waals surface area contributed by atoms with Gasteiger partial charge in [-0.05, 0) is 42.3 Å². The minimum atomic E-state index is -0.244. The molecule has 4 rings (SSSR count). The molecule has 0 radical (unpaired) electrons. The van der Waals surface area contributed by atoms with E-state index in [1.807, 2.05) is 17.5 Å². The summed E-state index contributed by atoms with van der Waals surface area (Å²) in [6.45, 7) is 0. The zero-order valence-electron chi connectivity index (χ0n) is 12.3. The van der Waals surface area contributed by atoms with Gasteiger partial charge in [-0.25, -0.2) is 0 Å². The Kier molecular flexibility index (Phi) is 3.59. The van der Waals surface area contributed by atoms with Crippen LogP contribution in [0.1, 0.15) is 34.1 Å². The third kappa shape index (κ3) is 2.73. The molecule has 3 heterocycles. The summed E-state index contributed by atoms with van der Waals surface area (Å²) in [5.41, 5.74) is 1.20. The maximum absolute atomic E-state index is 12.6. The van der Waals surface area contributed by atoms with Gasteiger partial charge >= 0.3 is 0 Å². The molecule has 2 N–H and O–H groups in total. The standard InChI is InChI=1S/C16H16N4O2S/c21-12-6-11(7-12)15(13-2-1-5-23-13)18-16(22)10-3-4-20-9-17-19-14(20)8-10/h1-5,8-9,11-12,15,21H,6-7H2,(H,18,22). The lowest BCUT2D eigenvalue weighted by Crippen LogP contribution is -2.41. The molecule has 6 nitrogen and oxygen atoms in total. The van der Waals surface area contributed by atoms with Crippen LogP contribution in [-0.4, -0.2) is 31.7 Å². The van der Waals surface area contributed by atoms with Gasteiger partial charge in [0, 0.05) is 16.6 Å². The van der Waals surface area contributed by atoms with E-state index in [0.717, 1.165) is 17.7 Å². The quantitative estimate of drug-likeness (QED) is 0.768. The van der Waals surface area contributed by atoms with Gasteiger partial charge in [0.2, 0.25) is 0 Å². The fraction of sp³-hybridized carbons (Fsp3) is 0.312. The largest absolute Gasteiger partial charge is 0.393 e. The lowest BCUT2D eigenvalue weighted by atomic mass is 9.76. The monoisotopic (exact) mass is 328 g/mol. The van der Waals surface area contributed by atoms with Gasteiger partial charge in [-0.15, -0.1) is 21.5 Å². The minimum Gasteiger partial charge on any atom is -0.393 e. The zero-order valence-corrected chi connectivity index (χ0v) is 13.1. The molecule has 1 unspecified atom stereocenters. The number of aliphatic hydroxyl groups excluding tert-OH is 1. The zero-order chi connectivity index (χ0) is 15.8. The third-order valence-electron chi connectivity index (χ3n) is 4.32. The maximum Gasteiger partial charge on any atom is 0.251 e. The number of hydrogen-bond donors (Lipinski definition) is 2. The van der Waals surface area contributed by atoms with Gasteiger partial charge < -0.3 is 10.4 Å². The highest BCUT2D eigenvalue weighted by Gasteiger charge is 2.36. The van der Waals surface area contributed by atoms with Crippen LogP contribution < -0.4 is 5.32 Å². The number of carbonyl (C=O) groups is 1. The minimum absolute atomic E-state index is 0.0556. The summed E-state index contributed by atoms with van der Waals surface area (Å²) < 4.78 is 1.76. The third-order valence-corrected chi connectivity index (χ3v) is 5.28. The van der Waals surface area contributed by atoms with Gasteiger partial charge in [-0.1, -0.05) is 6.07 Å². The number of nitrogens with zero attached hydrogens (tertiary/aromatic N) is 3. The predicted molar refractivity (Wildman–Crippen MR) is 86.2 cm³/mol. The summed E-state index contributed by atoms with van der Waals surface area (Å²) >= 11 is 1.63. The predicted octanol–water partition coefficient (Wildman–Crippen LogP) is 2.03. The molecule has 0 aromatic carbocycles. The van der Waals surface area contributed by atoms with E-state index in [9.17, 15) is 9.90 Å².